The number of aromatic hydroxyl groups is 1. The molecule has 2 fully saturated rings. The van der Waals surface area contributed by atoms with Gasteiger partial charge in [0.25, 0.3) is 5.91 Å². The van der Waals surface area contributed by atoms with E-state index in [4.69, 9.17) is 5.73 Å². The predicted molar refractivity (Wildman–Crippen MR) is 158 cm³/mol. The van der Waals surface area contributed by atoms with Crippen molar-refractivity contribution in [2.45, 2.75) is 75.9 Å². The molecule has 43 heavy (non-hydrogen) atoms. The molecular weight excluding hydrogens is 554 g/mol. The van der Waals surface area contributed by atoms with Crippen molar-refractivity contribution in [3.8, 4) is 5.75 Å². The highest BCUT2D eigenvalue weighted by Crippen LogP contribution is 2.28. The number of hydrogen-bond acceptors (Lipinski definition) is 8. The van der Waals surface area contributed by atoms with Crippen LogP contribution >= 0.6 is 0 Å². The lowest BCUT2D eigenvalue weighted by Crippen LogP contribution is -2.58. The van der Waals surface area contributed by atoms with Gasteiger partial charge in [-0.05, 0) is 51.7 Å². The third-order valence-corrected chi connectivity index (χ3v) is 7.93. The Morgan fingerprint density at radius 3 is 2.09 bits per heavy atom. The molecule has 6 N–H and O–H groups in total. The van der Waals surface area contributed by atoms with E-state index >= 15 is 0 Å². The number of hydrogen-bond donors (Lipinski definition) is 5. The molecule has 0 radical (unpaired) electrons. The molecule has 0 aromatic heterocycles. The first-order valence-corrected chi connectivity index (χ1v) is 14.5. The zero-order valence-corrected chi connectivity index (χ0v) is 24.3. The fourth-order valence-electron chi connectivity index (χ4n) is 5.71. The van der Waals surface area contributed by atoms with Crippen LogP contribution in [0, 0.1) is 0 Å². The van der Waals surface area contributed by atoms with Gasteiger partial charge in [-0.2, -0.15) is 0 Å². The number of phenols is 1. The summed E-state index contributed by atoms with van der Waals surface area (Å²) in [5.41, 5.74) is 6.66. The largest absolute Gasteiger partial charge is 0.507 e. The standard InChI is InChI=1S/C31H39N5O7/c1-18(37)25(28(32)40)34-29(41)22-13-8-16-35(22)30(42)23-14-9-17-36(23)31(43)26(19(2)38)33-27(20-10-4-3-5-11-20)21-12-6-7-15-24(21)39/h3-7,10-12,15,18-19,22-23,25-26,37-39H,8-9,13-14,16-17H2,1-2H3,(H2,32,40)(H,34,41)/b33-27+/t18-,19-,22+,23+,25+,26+/m1/s1. The number of aliphatic imine (C=N–C) groups is 1. The summed E-state index contributed by atoms with van der Waals surface area (Å²) in [6, 6.07) is 11.3. The molecule has 0 bridgehead atoms. The molecule has 2 aromatic carbocycles. The molecule has 2 aromatic rings. The fourth-order valence-corrected chi connectivity index (χ4v) is 5.71. The summed E-state index contributed by atoms with van der Waals surface area (Å²) >= 11 is 0. The third-order valence-electron chi connectivity index (χ3n) is 7.93. The topological polar surface area (TPSA) is 186 Å². The number of nitrogens with zero attached hydrogens (tertiary/aromatic N) is 3. The monoisotopic (exact) mass is 593 g/mol. The molecule has 0 spiro atoms. The zero-order valence-electron chi connectivity index (χ0n) is 24.3. The maximum atomic E-state index is 14.0. The number of primary amides is 1. The smallest absolute Gasteiger partial charge is 0.250 e. The van der Waals surface area contributed by atoms with Crippen molar-refractivity contribution in [1.82, 2.24) is 15.1 Å². The fraction of sp³-hybridized carbons (Fsp3) is 0.452. The number of carbonyl (C=O) groups excluding carboxylic acids is 4. The quantitative estimate of drug-likeness (QED) is 0.245. The molecular formula is C31H39N5O7. The van der Waals surface area contributed by atoms with Gasteiger partial charge in [-0.15, -0.1) is 0 Å². The molecule has 6 atom stereocenters. The van der Waals surface area contributed by atoms with Crippen LogP contribution in [0.3, 0.4) is 0 Å². The van der Waals surface area contributed by atoms with Crippen LogP contribution in [0.15, 0.2) is 59.6 Å². The zero-order chi connectivity index (χ0) is 31.3. The predicted octanol–water partition coefficient (Wildman–Crippen LogP) is 0.312. The third kappa shape index (κ3) is 7.03. The number of benzene rings is 2. The highest BCUT2D eigenvalue weighted by atomic mass is 16.3. The number of amides is 4. The summed E-state index contributed by atoms with van der Waals surface area (Å²) in [7, 11) is 0. The SMILES string of the molecule is C[C@@H](O)[C@H](/N=C(\c1ccccc1)c1ccccc1O)C(=O)N1CCC[C@H]1C(=O)N1CCC[C@H]1C(=O)N[C@H](C(N)=O)[C@@H](C)O. The van der Waals surface area contributed by atoms with E-state index in [2.05, 4.69) is 10.3 Å². The Bertz CT molecular complexity index is 1360. The normalized spacial score (nSPS) is 21.6. The van der Waals surface area contributed by atoms with Gasteiger partial charge >= 0.3 is 0 Å². The van der Waals surface area contributed by atoms with Crippen molar-refractivity contribution in [2.75, 3.05) is 13.1 Å². The molecule has 0 unspecified atom stereocenters. The average Bonchev–Trinajstić information content (AvgIpc) is 3.67. The van der Waals surface area contributed by atoms with Crippen molar-refractivity contribution in [3.63, 3.8) is 0 Å². The second-order valence-corrected chi connectivity index (χ2v) is 11.1. The van der Waals surface area contributed by atoms with Crippen LogP contribution in [-0.2, 0) is 19.2 Å². The molecule has 4 amide bonds. The molecule has 4 rings (SSSR count). The molecule has 12 nitrogen and oxygen atoms in total. The second kappa shape index (κ2) is 13.8. The first-order chi connectivity index (χ1) is 20.5. The molecule has 0 saturated carbocycles. The molecule has 2 saturated heterocycles. The minimum absolute atomic E-state index is 0.0383. The summed E-state index contributed by atoms with van der Waals surface area (Å²) in [6.45, 7) is 3.33. The highest BCUT2D eigenvalue weighted by Gasteiger charge is 2.44. The number of aliphatic hydroxyl groups excluding tert-OH is 2. The number of carbonyl (C=O) groups is 4. The number of aliphatic hydroxyl groups is 2. The van der Waals surface area contributed by atoms with Crippen LogP contribution < -0.4 is 11.1 Å². The molecule has 2 aliphatic rings. The van der Waals surface area contributed by atoms with Gasteiger partial charge in [0.2, 0.25) is 17.7 Å². The first kappa shape index (κ1) is 31.6. The molecule has 2 aliphatic heterocycles. The van der Waals surface area contributed by atoms with Crippen LogP contribution in [0.2, 0.25) is 0 Å². The Morgan fingerprint density at radius 1 is 0.884 bits per heavy atom. The van der Waals surface area contributed by atoms with Gasteiger partial charge in [0.05, 0.1) is 17.9 Å². The van der Waals surface area contributed by atoms with Crippen LogP contribution in [0.1, 0.15) is 50.7 Å². The summed E-state index contributed by atoms with van der Waals surface area (Å²) < 4.78 is 0. The number of rotatable bonds is 10. The van der Waals surface area contributed by atoms with Gasteiger partial charge in [0, 0.05) is 24.2 Å². The lowest BCUT2D eigenvalue weighted by molar-refractivity contribution is -0.148. The van der Waals surface area contributed by atoms with Gasteiger partial charge in [0.15, 0.2) is 6.04 Å². The van der Waals surface area contributed by atoms with Crippen molar-refractivity contribution >= 4 is 29.3 Å². The van der Waals surface area contributed by atoms with E-state index in [0.29, 0.717) is 42.5 Å². The Balaban J connectivity index is 1.60. The summed E-state index contributed by atoms with van der Waals surface area (Å²) in [6.07, 6.45) is -0.627. The summed E-state index contributed by atoms with van der Waals surface area (Å²) in [5, 5.41) is 33.7. The van der Waals surface area contributed by atoms with Crippen LogP contribution in [0.25, 0.3) is 0 Å². The van der Waals surface area contributed by atoms with E-state index < -0.39 is 60.0 Å². The van der Waals surface area contributed by atoms with E-state index in [0.717, 1.165) is 0 Å². The Morgan fingerprint density at radius 2 is 1.49 bits per heavy atom. The molecule has 0 aliphatic carbocycles. The highest BCUT2D eigenvalue weighted by molar-refractivity contribution is 6.15. The van der Waals surface area contributed by atoms with Crippen LogP contribution in [-0.4, -0.2) is 104 Å². The van der Waals surface area contributed by atoms with Crippen molar-refractivity contribution in [1.29, 1.82) is 0 Å². The number of nitrogens with two attached hydrogens (primary N) is 1. The Hall–Kier alpha value is -4.29. The van der Waals surface area contributed by atoms with Crippen molar-refractivity contribution < 1.29 is 34.5 Å². The van der Waals surface area contributed by atoms with E-state index in [1.165, 1.54) is 29.7 Å². The van der Waals surface area contributed by atoms with Gasteiger partial charge < -0.3 is 36.2 Å². The second-order valence-electron chi connectivity index (χ2n) is 11.1. The van der Waals surface area contributed by atoms with Gasteiger partial charge in [-0.3, -0.25) is 24.2 Å². The maximum absolute atomic E-state index is 14.0. The number of nitrogens with one attached hydrogen (secondary N) is 1. The minimum atomic E-state index is -1.30. The van der Waals surface area contributed by atoms with Crippen LogP contribution in [0.5, 0.6) is 5.75 Å². The summed E-state index contributed by atoms with van der Waals surface area (Å²) in [4.78, 5) is 60.0. The minimum Gasteiger partial charge on any atom is -0.507 e. The average molecular weight is 594 g/mol. The Kier molecular flexibility index (Phi) is 10.1. The first-order valence-electron chi connectivity index (χ1n) is 14.5. The molecule has 230 valence electrons. The number of likely N-dealkylation sites (tertiary alicyclic amines) is 2. The van der Waals surface area contributed by atoms with Gasteiger partial charge in [0.1, 0.15) is 23.9 Å². The van der Waals surface area contributed by atoms with E-state index in [-0.39, 0.29) is 18.8 Å². The van der Waals surface area contributed by atoms with E-state index in [1.807, 2.05) is 6.07 Å². The number of para-hydroxylation sites is 1. The maximum Gasteiger partial charge on any atom is 0.250 e. The van der Waals surface area contributed by atoms with E-state index in [1.54, 1.807) is 42.5 Å². The van der Waals surface area contributed by atoms with E-state index in [9.17, 15) is 34.5 Å². The lowest BCUT2D eigenvalue weighted by Gasteiger charge is -2.33. The van der Waals surface area contributed by atoms with Crippen molar-refractivity contribution in [3.05, 3.63) is 65.7 Å². The van der Waals surface area contributed by atoms with Gasteiger partial charge in [-0.25, -0.2) is 0 Å². The summed E-state index contributed by atoms with van der Waals surface area (Å²) in [5.74, 6) is -2.49. The van der Waals surface area contributed by atoms with Gasteiger partial charge in [-0.1, -0.05) is 42.5 Å². The van der Waals surface area contributed by atoms with Crippen LogP contribution in [0.4, 0.5) is 0 Å². The van der Waals surface area contributed by atoms with Crippen molar-refractivity contribution in [2.24, 2.45) is 10.7 Å². The molecule has 2 heterocycles. The number of phenolic OH excluding ortho intramolecular Hbond substituents is 1. The molecule has 12 heteroatoms. The lowest BCUT2D eigenvalue weighted by atomic mass is 10.00. The Labute approximate surface area is 250 Å².